The molecule has 3 aromatic carbocycles. The molecule has 0 fully saturated rings. The van der Waals surface area contributed by atoms with E-state index in [9.17, 15) is 18.0 Å². The molecular formula is C25H20F3N3O2S. The van der Waals surface area contributed by atoms with E-state index < -0.39 is 11.7 Å². The molecule has 0 saturated carbocycles. The summed E-state index contributed by atoms with van der Waals surface area (Å²) in [6.45, 7) is 1.63. The number of nitrogens with one attached hydrogen (secondary N) is 2. The summed E-state index contributed by atoms with van der Waals surface area (Å²) >= 11 is 1.05. The number of anilines is 2. The first-order chi connectivity index (χ1) is 16.3. The summed E-state index contributed by atoms with van der Waals surface area (Å²) in [5.41, 5.74) is 0.372. The summed E-state index contributed by atoms with van der Waals surface area (Å²) in [6.07, 6.45) is -3.24. The van der Waals surface area contributed by atoms with E-state index in [-0.39, 0.29) is 18.3 Å². The van der Waals surface area contributed by atoms with Crippen LogP contribution < -0.4 is 14.8 Å². The van der Waals surface area contributed by atoms with Crippen molar-refractivity contribution in [3.63, 3.8) is 0 Å². The van der Waals surface area contributed by atoms with Crippen molar-refractivity contribution in [2.45, 2.75) is 18.0 Å². The Labute approximate surface area is 198 Å². The van der Waals surface area contributed by atoms with Crippen LogP contribution in [0, 0.1) is 6.92 Å². The second-order valence-electron chi connectivity index (χ2n) is 7.48. The first kappa shape index (κ1) is 23.4. The Bertz CT molecular complexity index is 1330. The third-order valence-corrected chi connectivity index (χ3v) is 5.60. The van der Waals surface area contributed by atoms with Gasteiger partial charge in [0.25, 0.3) is 5.91 Å². The molecule has 0 saturated heterocycles. The van der Waals surface area contributed by atoms with Crippen molar-refractivity contribution < 1.29 is 22.7 Å². The maximum absolute atomic E-state index is 13.2. The molecule has 9 heteroatoms. The standard InChI is InChI=1S/C25H20F3N3O2S/c1-16-11-19(30-24-22(25(26,27)28)7-4-10-29-24)14-21(12-16)34-31-23(32)15-33-20-9-8-17-5-2-3-6-18(17)13-20/h2-14H,15H2,1H3,(H,29,30)(H,31,32). The number of carbonyl (C=O) groups is 1. The van der Waals surface area contributed by atoms with Crippen molar-refractivity contribution in [2.75, 3.05) is 11.9 Å². The van der Waals surface area contributed by atoms with Crippen LogP contribution in [-0.4, -0.2) is 17.5 Å². The molecule has 174 valence electrons. The van der Waals surface area contributed by atoms with Crippen molar-refractivity contribution in [1.82, 2.24) is 9.71 Å². The molecule has 0 unspecified atom stereocenters. The average Bonchev–Trinajstić information content (AvgIpc) is 2.80. The van der Waals surface area contributed by atoms with Gasteiger partial charge in [0.15, 0.2) is 6.61 Å². The van der Waals surface area contributed by atoms with Gasteiger partial charge in [0.05, 0.1) is 5.56 Å². The molecule has 4 rings (SSSR count). The van der Waals surface area contributed by atoms with E-state index in [0.717, 1.165) is 34.4 Å². The van der Waals surface area contributed by atoms with Crippen molar-refractivity contribution in [1.29, 1.82) is 0 Å². The van der Waals surface area contributed by atoms with E-state index in [1.54, 1.807) is 18.2 Å². The van der Waals surface area contributed by atoms with Gasteiger partial charge in [-0.15, -0.1) is 0 Å². The van der Waals surface area contributed by atoms with Crippen LogP contribution in [0.1, 0.15) is 11.1 Å². The highest BCUT2D eigenvalue weighted by Gasteiger charge is 2.34. The first-order valence-electron chi connectivity index (χ1n) is 10.3. The van der Waals surface area contributed by atoms with E-state index in [1.165, 1.54) is 12.3 Å². The van der Waals surface area contributed by atoms with Gasteiger partial charge in [0, 0.05) is 16.8 Å². The Hall–Kier alpha value is -3.72. The Balaban J connectivity index is 1.37. The topological polar surface area (TPSA) is 63.2 Å². The highest BCUT2D eigenvalue weighted by atomic mass is 32.2. The maximum atomic E-state index is 13.2. The zero-order valence-corrected chi connectivity index (χ0v) is 18.8. The minimum atomic E-state index is -4.53. The average molecular weight is 484 g/mol. The Kier molecular flexibility index (Phi) is 6.93. The van der Waals surface area contributed by atoms with Gasteiger partial charge in [-0.05, 0) is 77.7 Å². The number of amides is 1. The highest BCUT2D eigenvalue weighted by molar-refractivity contribution is 7.98. The SMILES string of the molecule is Cc1cc(Nc2ncccc2C(F)(F)F)cc(SNC(=O)COc2ccc3ccccc3c2)c1. The monoisotopic (exact) mass is 483 g/mol. The number of hydrogen-bond acceptors (Lipinski definition) is 5. The smallest absolute Gasteiger partial charge is 0.419 e. The quantitative estimate of drug-likeness (QED) is 0.294. The van der Waals surface area contributed by atoms with E-state index in [0.29, 0.717) is 16.3 Å². The predicted molar refractivity (Wildman–Crippen MR) is 127 cm³/mol. The molecule has 4 aromatic rings. The Morgan fingerprint density at radius 1 is 1.00 bits per heavy atom. The molecule has 1 aromatic heterocycles. The second-order valence-corrected chi connectivity index (χ2v) is 8.36. The molecule has 0 aliphatic carbocycles. The van der Waals surface area contributed by atoms with Gasteiger partial charge in [-0.25, -0.2) is 4.98 Å². The number of halogens is 3. The fourth-order valence-electron chi connectivity index (χ4n) is 3.30. The largest absolute Gasteiger partial charge is 0.484 e. The molecule has 1 amide bonds. The predicted octanol–water partition coefficient (Wildman–Crippen LogP) is 6.51. The zero-order chi connectivity index (χ0) is 24.1. The van der Waals surface area contributed by atoms with Crippen molar-refractivity contribution in [2.24, 2.45) is 0 Å². The van der Waals surface area contributed by atoms with Gasteiger partial charge in [-0.1, -0.05) is 30.3 Å². The lowest BCUT2D eigenvalue weighted by molar-refractivity contribution is -0.137. The number of ether oxygens (including phenoxy) is 1. The Morgan fingerprint density at radius 3 is 2.59 bits per heavy atom. The number of aromatic nitrogens is 1. The van der Waals surface area contributed by atoms with E-state index in [2.05, 4.69) is 15.0 Å². The number of fused-ring (bicyclic) bond motifs is 1. The number of alkyl halides is 3. The minimum Gasteiger partial charge on any atom is -0.484 e. The fourth-order valence-corrected chi connectivity index (χ4v) is 4.02. The van der Waals surface area contributed by atoms with Crippen LogP contribution >= 0.6 is 11.9 Å². The van der Waals surface area contributed by atoms with Gasteiger partial charge in [0.1, 0.15) is 11.6 Å². The third kappa shape index (κ3) is 5.99. The molecule has 0 spiro atoms. The molecule has 34 heavy (non-hydrogen) atoms. The van der Waals surface area contributed by atoms with Crippen LogP contribution in [0.15, 0.2) is 83.9 Å². The molecular weight excluding hydrogens is 463 g/mol. The van der Waals surface area contributed by atoms with Gasteiger partial charge in [-0.3, -0.25) is 9.52 Å². The van der Waals surface area contributed by atoms with Crippen molar-refractivity contribution in [3.8, 4) is 5.75 Å². The number of benzene rings is 3. The summed E-state index contributed by atoms with van der Waals surface area (Å²) in [5, 5.41) is 4.81. The number of pyridine rings is 1. The van der Waals surface area contributed by atoms with Crippen LogP contribution in [0.4, 0.5) is 24.7 Å². The van der Waals surface area contributed by atoms with Gasteiger partial charge in [0.2, 0.25) is 0 Å². The normalized spacial score (nSPS) is 11.3. The molecule has 0 radical (unpaired) electrons. The lowest BCUT2D eigenvalue weighted by atomic mass is 10.1. The van der Waals surface area contributed by atoms with Gasteiger partial charge < -0.3 is 10.1 Å². The lowest BCUT2D eigenvalue weighted by Gasteiger charge is -2.14. The molecule has 0 bridgehead atoms. The third-order valence-electron chi connectivity index (χ3n) is 4.80. The van der Waals surface area contributed by atoms with Crippen LogP contribution in [0.3, 0.4) is 0 Å². The summed E-state index contributed by atoms with van der Waals surface area (Å²) < 4.78 is 48.0. The van der Waals surface area contributed by atoms with Gasteiger partial charge in [-0.2, -0.15) is 13.2 Å². The molecule has 0 atom stereocenters. The fraction of sp³-hybridized carbons (Fsp3) is 0.120. The molecule has 0 aliphatic heterocycles. The number of hydrogen-bond donors (Lipinski definition) is 2. The van der Waals surface area contributed by atoms with Crippen LogP contribution in [0.2, 0.25) is 0 Å². The lowest BCUT2D eigenvalue weighted by Crippen LogP contribution is -2.23. The summed E-state index contributed by atoms with van der Waals surface area (Å²) in [4.78, 5) is 16.7. The molecule has 0 aliphatic rings. The van der Waals surface area contributed by atoms with Gasteiger partial charge >= 0.3 is 6.18 Å². The minimum absolute atomic E-state index is 0.175. The number of nitrogens with zero attached hydrogens (tertiary/aromatic N) is 1. The maximum Gasteiger partial charge on any atom is 0.419 e. The number of aryl methyl sites for hydroxylation is 1. The summed E-state index contributed by atoms with van der Waals surface area (Å²) in [5.74, 6) is -0.0562. The second kappa shape index (κ2) is 10.0. The van der Waals surface area contributed by atoms with Crippen molar-refractivity contribution >= 4 is 40.1 Å². The van der Waals surface area contributed by atoms with E-state index in [4.69, 9.17) is 4.74 Å². The van der Waals surface area contributed by atoms with Crippen LogP contribution in [0.25, 0.3) is 10.8 Å². The Morgan fingerprint density at radius 2 is 1.79 bits per heavy atom. The van der Waals surface area contributed by atoms with E-state index >= 15 is 0 Å². The summed E-state index contributed by atoms with van der Waals surface area (Å²) in [7, 11) is 0. The van der Waals surface area contributed by atoms with Crippen LogP contribution in [0.5, 0.6) is 5.75 Å². The molecule has 1 heterocycles. The first-order valence-corrected chi connectivity index (χ1v) is 11.1. The van der Waals surface area contributed by atoms with E-state index in [1.807, 2.05) is 49.4 Å². The number of carbonyl (C=O) groups excluding carboxylic acids is 1. The molecule has 2 N–H and O–H groups in total. The van der Waals surface area contributed by atoms with Crippen LogP contribution in [-0.2, 0) is 11.0 Å². The highest BCUT2D eigenvalue weighted by Crippen LogP contribution is 2.35. The van der Waals surface area contributed by atoms with Crippen molar-refractivity contribution in [3.05, 3.63) is 90.1 Å². The number of rotatable bonds is 7. The molecule has 5 nitrogen and oxygen atoms in total. The summed E-state index contributed by atoms with van der Waals surface area (Å²) in [6, 6.07) is 20.8. The zero-order valence-electron chi connectivity index (χ0n) is 18.0.